The van der Waals surface area contributed by atoms with Crippen LogP contribution >= 0.6 is 0 Å². The van der Waals surface area contributed by atoms with Crippen molar-refractivity contribution in [2.24, 2.45) is 5.16 Å². The van der Waals surface area contributed by atoms with Crippen LogP contribution in [0.3, 0.4) is 0 Å². The first-order valence-electron chi connectivity index (χ1n) is 6.02. The number of fused-ring (bicyclic) bond motifs is 2. The van der Waals surface area contributed by atoms with Crippen molar-refractivity contribution in [1.82, 2.24) is 10.2 Å². The number of hydrogen-bond donors (Lipinski definition) is 2. The highest BCUT2D eigenvalue weighted by molar-refractivity contribution is 6.25. The normalized spacial score (nSPS) is 29.8. The smallest absolute Gasteiger partial charge is 0.265 e. The zero-order chi connectivity index (χ0) is 11.4. The lowest BCUT2D eigenvalue weighted by atomic mass is 10.0. The third-order valence-corrected chi connectivity index (χ3v) is 3.69. The first-order chi connectivity index (χ1) is 7.81. The highest BCUT2D eigenvalue weighted by atomic mass is 16.4. The Bertz CT molecular complexity index is 264. The third kappa shape index (κ3) is 2.52. The molecule has 0 saturated carbocycles. The van der Waals surface area contributed by atoms with Crippen molar-refractivity contribution in [3.05, 3.63) is 0 Å². The van der Waals surface area contributed by atoms with Gasteiger partial charge in [-0.2, -0.15) is 0 Å². The molecule has 0 aromatic carbocycles. The monoisotopic (exact) mass is 225 g/mol. The van der Waals surface area contributed by atoms with Crippen LogP contribution in [0.1, 0.15) is 32.1 Å². The Balaban J connectivity index is 1.72. The van der Waals surface area contributed by atoms with Crippen LogP contribution in [0.15, 0.2) is 5.16 Å². The van der Waals surface area contributed by atoms with Gasteiger partial charge in [-0.3, -0.25) is 9.69 Å². The number of rotatable bonds is 4. The average Bonchev–Trinajstić information content (AvgIpc) is 2.50. The van der Waals surface area contributed by atoms with E-state index in [1.165, 1.54) is 32.1 Å². The van der Waals surface area contributed by atoms with E-state index in [-0.39, 0.29) is 5.91 Å². The fourth-order valence-electron chi connectivity index (χ4n) is 3.00. The van der Waals surface area contributed by atoms with Gasteiger partial charge in [0, 0.05) is 25.2 Å². The largest absolute Gasteiger partial charge is 0.411 e. The van der Waals surface area contributed by atoms with Crippen molar-refractivity contribution in [1.29, 1.82) is 0 Å². The minimum Gasteiger partial charge on any atom is -0.411 e. The van der Waals surface area contributed by atoms with Gasteiger partial charge in [-0.15, -0.1) is 0 Å². The van der Waals surface area contributed by atoms with E-state index in [4.69, 9.17) is 5.21 Å². The third-order valence-electron chi connectivity index (χ3n) is 3.69. The van der Waals surface area contributed by atoms with Crippen LogP contribution in [0.2, 0.25) is 0 Å². The Morgan fingerprint density at radius 1 is 1.38 bits per heavy atom. The van der Waals surface area contributed by atoms with Crippen LogP contribution in [0, 0.1) is 0 Å². The summed E-state index contributed by atoms with van der Waals surface area (Å²) in [4.78, 5) is 13.6. The van der Waals surface area contributed by atoms with Crippen LogP contribution in [-0.2, 0) is 4.79 Å². The number of nitrogens with zero attached hydrogens (tertiary/aromatic N) is 2. The highest BCUT2D eigenvalue weighted by Crippen LogP contribution is 2.34. The zero-order valence-electron chi connectivity index (χ0n) is 9.43. The van der Waals surface area contributed by atoms with E-state index in [0.29, 0.717) is 6.54 Å². The second-order valence-electron chi connectivity index (χ2n) is 4.59. The fourth-order valence-corrected chi connectivity index (χ4v) is 3.00. The van der Waals surface area contributed by atoms with E-state index >= 15 is 0 Å². The van der Waals surface area contributed by atoms with E-state index in [0.717, 1.165) is 24.8 Å². The maximum absolute atomic E-state index is 11.0. The maximum atomic E-state index is 11.0. The molecule has 0 spiro atoms. The van der Waals surface area contributed by atoms with E-state index in [1.807, 2.05) is 0 Å². The van der Waals surface area contributed by atoms with Crippen LogP contribution in [0.5, 0.6) is 0 Å². The summed E-state index contributed by atoms with van der Waals surface area (Å²) in [7, 11) is 0. The zero-order valence-corrected chi connectivity index (χ0v) is 9.43. The van der Waals surface area contributed by atoms with Crippen LogP contribution < -0.4 is 5.32 Å². The Morgan fingerprint density at radius 3 is 2.69 bits per heavy atom. The summed E-state index contributed by atoms with van der Waals surface area (Å²) >= 11 is 0. The van der Waals surface area contributed by atoms with Crippen LogP contribution in [0.25, 0.3) is 0 Å². The van der Waals surface area contributed by atoms with Crippen molar-refractivity contribution < 1.29 is 10.0 Å². The molecule has 0 aromatic rings. The standard InChI is InChI=1S/C11H19N3O2/c15-11(8-13-16)12-6-7-14-9-2-1-3-10(14)5-4-9/h8-10,16H,1-7H2,(H,12,15)/b13-8+. The van der Waals surface area contributed by atoms with Crippen molar-refractivity contribution >= 4 is 12.1 Å². The van der Waals surface area contributed by atoms with E-state index in [1.54, 1.807) is 0 Å². The van der Waals surface area contributed by atoms with Gasteiger partial charge in [0.05, 0.1) is 0 Å². The Hall–Kier alpha value is -1.10. The van der Waals surface area contributed by atoms with Gasteiger partial charge < -0.3 is 10.5 Å². The summed E-state index contributed by atoms with van der Waals surface area (Å²) in [5.41, 5.74) is 0. The van der Waals surface area contributed by atoms with Crippen LogP contribution in [-0.4, -0.2) is 47.4 Å². The first kappa shape index (κ1) is 11.4. The molecule has 2 heterocycles. The molecule has 2 atom stereocenters. The Kier molecular flexibility index (Phi) is 3.77. The Morgan fingerprint density at radius 2 is 2.06 bits per heavy atom. The number of hydrogen-bond acceptors (Lipinski definition) is 4. The summed E-state index contributed by atoms with van der Waals surface area (Å²) in [5.74, 6) is -0.327. The molecule has 0 aliphatic carbocycles. The molecule has 0 aromatic heterocycles. The van der Waals surface area contributed by atoms with Crippen molar-refractivity contribution in [2.45, 2.75) is 44.2 Å². The molecular weight excluding hydrogens is 206 g/mol. The van der Waals surface area contributed by atoms with Crippen molar-refractivity contribution in [2.75, 3.05) is 13.1 Å². The lowest BCUT2D eigenvalue weighted by Crippen LogP contribution is -2.44. The van der Waals surface area contributed by atoms with E-state index < -0.39 is 0 Å². The number of oxime groups is 1. The van der Waals surface area contributed by atoms with Crippen LogP contribution in [0.4, 0.5) is 0 Å². The molecule has 5 nitrogen and oxygen atoms in total. The highest BCUT2D eigenvalue weighted by Gasteiger charge is 2.35. The molecule has 90 valence electrons. The molecule has 2 fully saturated rings. The molecule has 2 aliphatic heterocycles. The topological polar surface area (TPSA) is 64.9 Å². The molecular formula is C11H19N3O2. The minimum atomic E-state index is -0.327. The SMILES string of the molecule is O=C(/C=N/O)NCCN1C2CCCC1CC2. The molecule has 2 bridgehead atoms. The van der Waals surface area contributed by atoms with Gasteiger partial charge in [0.1, 0.15) is 6.21 Å². The molecule has 0 radical (unpaired) electrons. The molecule has 16 heavy (non-hydrogen) atoms. The number of piperidine rings is 1. The quantitative estimate of drug-likeness (QED) is 0.418. The van der Waals surface area contributed by atoms with Gasteiger partial charge in [0.25, 0.3) is 5.91 Å². The van der Waals surface area contributed by atoms with Gasteiger partial charge in [0.2, 0.25) is 0 Å². The van der Waals surface area contributed by atoms with Crippen molar-refractivity contribution in [3.63, 3.8) is 0 Å². The molecule has 2 saturated heterocycles. The predicted octanol–water partition coefficient (Wildman–Crippen LogP) is 0.579. The molecule has 5 heteroatoms. The summed E-state index contributed by atoms with van der Waals surface area (Å²) in [5, 5.41) is 13.6. The predicted molar refractivity (Wildman–Crippen MR) is 60.7 cm³/mol. The molecule has 2 rings (SSSR count). The number of amides is 1. The van der Waals surface area contributed by atoms with E-state index in [9.17, 15) is 4.79 Å². The summed E-state index contributed by atoms with van der Waals surface area (Å²) < 4.78 is 0. The lowest BCUT2D eigenvalue weighted by Gasteiger charge is -2.34. The second-order valence-corrected chi connectivity index (χ2v) is 4.59. The van der Waals surface area contributed by atoms with Gasteiger partial charge >= 0.3 is 0 Å². The molecule has 1 amide bonds. The first-order valence-corrected chi connectivity index (χ1v) is 6.02. The molecule has 2 unspecified atom stereocenters. The molecule has 2 N–H and O–H groups in total. The molecule has 2 aliphatic rings. The lowest BCUT2D eigenvalue weighted by molar-refractivity contribution is -0.114. The van der Waals surface area contributed by atoms with Gasteiger partial charge in [-0.25, -0.2) is 0 Å². The average molecular weight is 225 g/mol. The summed E-state index contributed by atoms with van der Waals surface area (Å²) in [6.45, 7) is 1.55. The van der Waals surface area contributed by atoms with Gasteiger partial charge in [0.15, 0.2) is 0 Å². The maximum Gasteiger partial charge on any atom is 0.265 e. The number of carbonyl (C=O) groups is 1. The second kappa shape index (κ2) is 5.30. The van der Waals surface area contributed by atoms with Gasteiger partial charge in [-0.1, -0.05) is 11.6 Å². The van der Waals surface area contributed by atoms with E-state index in [2.05, 4.69) is 15.4 Å². The number of nitrogens with one attached hydrogen (secondary N) is 1. The Labute approximate surface area is 95.5 Å². The number of carbonyl (C=O) groups excluding carboxylic acids is 1. The minimum absolute atomic E-state index is 0.327. The van der Waals surface area contributed by atoms with Crippen molar-refractivity contribution in [3.8, 4) is 0 Å². The summed E-state index contributed by atoms with van der Waals surface area (Å²) in [6, 6.07) is 1.48. The van der Waals surface area contributed by atoms with Gasteiger partial charge in [-0.05, 0) is 25.7 Å². The summed E-state index contributed by atoms with van der Waals surface area (Å²) in [6.07, 6.45) is 7.50. The fraction of sp³-hybridized carbons (Fsp3) is 0.818.